The largest absolute Gasteiger partial charge is 0.380 e. The van der Waals surface area contributed by atoms with Gasteiger partial charge in [-0.05, 0) is 31.4 Å². The van der Waals surface area contributed by atoms with Gasteiger partial charge in [-0.3, -0.25) is 0 Å². The Morgan fingerprint density at radius 2 is 2.17 bits per heavy atom. The number of nitriles is 1. The minimum absolute atomic E-state index is 0.630. The zero-order valence-corrected chi connectivity index (χ0v) is 11.4. The maximum Gasteiger partial charge on any atom is 0.127 e. The Labute approximate surface area is 109 Å². The molecule has 0 radical (unpaired) electrons. The summed E-state index contributed by atoms with van der Waals surface area (Å²) in [7, 11) is 0. The quantitative estimate of drug-likeness (QED) is 0.753. The van der Waals surface area contributed by atoms with Crippen LogP contribution in [-0.4, -0.2) is 24.7 Å². The average molecular weight is 247 g/mol. The van der Waals surface area contributed by atoms with E-state index in [2.05, 4.69) is 30.2 Å². The van der Waals surface area contributed by atoms with Gasteiger partial charge >= 0.3 is 0 Å². The molecule has 0 unspecified atom stereocenters. The molecule has 1 aromatic heterocycles. The van der Waals surface area contributed by atoms with Crippen LogP contribution in [-0.2, 0) is 4.74 Å². The molecule has 4 heteroatoms. The first-order chi connectivity index (χ1) is 8.61. The number of ether oxygens (including phenoxy) is 1. The lowest BCUT2D eigenvalue weighted by Crippen LogP contribution is -2.12. The molecule has 0 amide bonds. The van der Waals surface area contributed by atoms with E-state index in [9.17, 15) is 0 Å². The average Bonchev–Trinajstić information content (AvgIpc) is 2.32. The smallest absolute Gasteiger partial charge is 0.127 e. The summed E-state index contributed by atoms with van der Waals surface area (Å²) in [5.41, 5.74) is 1.48. The summed E-state index contributed by atoms with van der Waals surface area (Å²) < 4.78 is 5.50. The molecule has 18 heavy (non-hydrogen) atoms. The number of nitrogens with zero attached hydrogens (tertiary/aromatic N) is 2. The van der Waals surface area contributed by atoms with Crippen molar-refractivity contribution in [3.8, 4) is 6.07 Å². The zero-order valence-electron chi connectivity index (χ0n) is 11.4. The van der Waals surface area contributed by atoms with Gasteiger partial charge in [0.15, 0.2) is 0 Å². The molecule has 0 saturated heterocycles. The number of anilines is 1. The van der Waals surface area contributed by atoms with Gasteiger partial charge in [0.25, 0.3) is 0 Å². The van der Waals surface area contributed by atoms with E-state index in [1.54, 1.807) is 12.1 Å². The Morgan fingerprint density at radius 3 is 2.83 bits per heavy atom. The van der Waals surface area contributed by atoms with Gasteiger partial charge in [0, 0.05) is 18.8 Å². The molecule has 0 fully saturated rings. The minimum Gasteiger partial charge on any atom is -0.380 e. The van der Waals surface area contributed by atoms with Crippen LogP contribution in [0.5, 0.6) is 0 Å². The number of hydrogen-bond acceptors (Lipinski definition) is 4. The molecule has 0 aliphatic rings. The topological polar surface area (TPSA) is 57.9 Å². The molecular formula is C14H21N3O. The van der Waals surface area contributed by atoms with Crippen LogP contribution in [0.1, 0.15) is 31.5 Å². The zero-order chi connectivity index (χ0) is 13.4. The van der Waals surface area contributed by atoms with Crippen molar-refractivity contribution in [3.05, 3.63) is 23.4 Å². The van der Waals surface area contributed by atoms with E-state index in [0.717, 1.165) is 24.5 Å². The Bertz CT molecular complexity index is 410. The molecule has 0 spiro atoms. The number of aromatic nitrogens is 1. The van der Waals surface area contributed by atoms with Gasteiger partial charge in [0.05, 0.1) is 18.2 Å². The van der Waals surface area contributed by atoms with Gasteiger partial charge in [0.1, 0.15) is 5.82 Å². The van der Waals surface area contributed by atoms with Crippen LogP contribution in [0.25, 0.3) is 0 Å². The molecular weight excluding hydrogens is 226 g/mol. The molecule has 0 aromatic carbocycles. The van der Waals surface area contributed by atoms with E-state index in [0.29, 0.717) is 24.6 Å². The fourth-order valence-electron chi connectivity index (χ4n) is 1.50. The second kappa shape index (κ2) is 7.67. The van der Waals surface area contributed by atoms with E-state index in [4.69, 9.17) is 10.00 Å². The normalized spacial score (nSPS) is 10.4. The number of pyridine rings is 1. The van der Waals surface area contributed by atoms with Gasteiger partial charge in [-0.1, -0.05) is 13.8 Å². The van der Waals surface area contributed by atoms with Crippen molar-refractivity contribution in [1.82, 2.24) is 4.98 Å². The highest BCUT2D eigenvalue weighted by Gasteiger charge is 1.99. The summed E-state index contributed by atoms with van der Waals surface area (Å²) in [6, 6.07) is 5.64. The number of aryl methyl sites for hydroxylation is 1. The lowest BCUT2D eigenvalue weighted by atomic mass is 10.1. The highest BCUT2D eigenvalue weighted by molar-refractivity contribution is 5.44. The predicted octanol–water partition coefficient (Wildman–Crippen LogP) is 2.74. The first-order valence-electron chi connectivity index (χ1n) is 6.32. The van der Waals surface area contributed by atoms with Crippen molar-refractivity contribution in [1.29, 1.82) is 5.26 Å². The van der Waals surface area contributed by atoms with Crippen LogP contribution < -0.4 is 5.32 Å². The van der Waals surface area contributed by atoms with Crippen molar-refractivity contribution in [2.24, 2.45) is 5.92 Å². The van der Waals surface area contributed by atoms with E-state index in [1.165, 1.54) is 0 Å². The summed E-state index contributed by atoms with van der Waals surface area (Å²) in [5, 5.41) is 12.0. The number of hydrogen-bond donors (Lipinski definition) is 1. The summed E-state index contributed by atoms with van der Waals surface area (Å²) >= 11 is 0. The molecule has 0 atom stereocenters. The Balaban J connectivity index is 2.27. The van der Waals surface area contributed by atoms with Crippen molar-refractivity contribution in [2.75, 3.05) is 25.1 Å². The van der Waals surface area contributed by atoms with Crippen molar-refractivity contribution < 1.29 is 4.74 Å². The highest BCUT2D eigenvalue weighted by atomic mass is 16.5. The van der Waals surface area contributed by atoms with Crippen LogP contribution in [0.3, 0.4) is 0 Å². The van der Waals surface area contributed by atoms with Crippen LogP contribution >= 0.6 is 0 Å². The molecule has 0 bridgehead atoms. The maximum atomic E-state index is 8.85. The first-order valence-corrected chi connectivity index (χ1v) is 6.32. The van der Waals surface area contributed by atoms with E-state index < -0.39 is 0 Å². The van der Waals surface area contributed by atoms with E-state index in [1.807, 2.05) is 6.92 Å². The molecule has 0 aliphatic heterocycles. The molecule has 1 rings (SSSR count). The van der Waals surface area contributed by atoms with Crippen LogP contribution in [0.2, 0.25) is 0 Å². The number of rotatable bonds is 7. The fraction of sp³-hybridized carbons (Fsp3) is 0.571. The third-order valence-electron chi connectivity index (χ3n) is 2.47. The second-order valence-corrected chi connectivity index (χ2v) is 4.72. The third-order valence-corrected chi connectivity index (χ3v) is 2.47. The summed E-state index contributed by atoms with van der Waals surface area (Å²) in [5.74, 6) is 1.41. The third kappa shape index (κ3) is 5.65. The van der Waals surface area contributed by atoms with Crippen molar-refractivity contribution >= 4 is 5.82 Å². The minimum atomic E-state index is 0.630. The standard InChI is InChI=1S/C14H21N3O/c1-11(2)4-6-18-7-5-16-14-9-13(10-15)8-12(3)17-14/h8-9,11H,4-7H2,1-3H3,(H,16,17). The molecule has 1 N–H and O–H groups in total. The molecule has 0 aliphatic carbocycles. The van der Waals surface area contributed by atoms with Crippen LogP contribution in [0, 0.1) is 24.2 Å². The number of nitrogens with one attached hydrogen (secondary N) is 1. The van der Waals surface area contributed by atoms with Crippen molar-refractivity contribution in [2.45, 2.75) is 27.2 Å². The summed E-state index contributed by atoms with van der Waals surface area (Å²) in [6.07, 6.45) is 1.08. The monoisotopic (exact) mass is 247 g/mol. The SMILES string of the molecule is Cc1cc(C#N)cc(NCCOCCC(C)C)n1. The van der Waals surface area contributed by atoms with E-state index in [-0.39, 0.29) is 0 Å². The van der Waals surface area contributed by atoms with Gasteiger partial charge in [0.2, 0.25) is 0 Å². The molecule has 1 aromatic rings. The van der Waals surface area contributed by atoms with Gasteiger partial charge < -0.3 is 10.1 Å². The van der Waals surface area contributed by atoms with E-state index >= 15 is 0 Å². The lowest BCUT2D eigenvalue weighted by Gasteiger charge is -2.08. The Hall–Kier alpha value is -1.60. The summed E-state index contributed by atoms with van der Waals surface area (Å²) in [4.78, 5) is 4.31. The first kappa shape index (κ1) is 14.5. The maximum absolute atomic E-state index is 8.85. The van der Waals surface area contributed by atoms with Crippen LogP contribution in [0.15, 0.2) is 12.1 Å². The Kier molecular flexibility index (Phi) is 6.16. The molecule has 4 nitrogen and oxygen atoms in total. The van der Waals surface area contributed by atoms with Gasteiger partial charge in [-0.25, -0.2) is 4.98 Å². The molecule has 98 valence electrons. The molecule has 0 saturated carbocycles. The van der Waals surface area contributed by atoms with Gasteiger partial charge in [-0.15, -0.1) is 0 Å². The van der Waals surface area contributed by atoms with Gasteiger partial charge in [-0.2, -0.15) is 5.26 Å². The fourth-order valence-corrected chi connectivity index (χ4v) is 1.50. The highest BCUT2D eigenvalue weighted by Crippen LogP contribution is 2.08. The summed E-state index contributed by atoms with van der Waals surface area (Å²) in [6.45, 7) is 8.40. The van der Waals surface area contributed by atoms with Crippen molar-refractivity contribution in [3.63, 3.8) is 0 Å². The lowest BCUT2D eigenvalue weighted by molar-refractivity contribution is 0.132. The predicted molar refractivity (Wildman–Crippen MR) is 72.5 cm³/mol. The molecule has 1 heterocycles. The second-order valence-electron chi connectivity index (χ2n) is 4.72. The van der Waals surface area contributed by atoms with Crippen LogP contribution in [0.4, 0.5) is 5.82 Å². The Morgan fingerprint density at radius 1 is 1.39 bits per heavy atom.